The highest BCUT2D eigenvalue weighted by molar-refractivity contribution is 7.92. The molecule has 3 N–H and O–H groups in total. The number of aromatic nitrogens is 3. The van der Waals surface area contributed by atoms with Crippen LogP contribution >= 0.6 is 0 Å². The van der Waals surface area contributed by atoms with Gasteiger partial charge in [-0.3, -0.25) is 19.1 Å². The van der Waals surface area contributed by atoms with E-state index in [1.165, 1.54) is 66.5 Å². The van der Waals surface area contributed by atoms with Gasteiger partial charge in [-0.15, -0.1) is 0 Å². The Hall–Kier alpha value is -5.71. The third-order valence-corrected chi connectivity index (χ3v) is 10.1. The van der Waals surface area contributed by atoms with Gasteiger partial charge < -0.3 is 19.9 Å². The maximum absolute atomic E-state index is 15.4. The number of halogens is 2. The fourth-order valence-electron chi connectivity index (χ4n) is 5.58. The summed E-state index contributed by atoms with van der Waals surface area (Å²) in [5.74, 6) is -4.84. The second-order valence-corrected chi connectivity index (χ2v) is 15.7. The number of hydrogen-bond donors (Lipinski definition) is 3. The van der Waals surface area contributed by atoms with E-state index in [9.17, 15) is 32.4 Å². The first kappa shape index (κ1) is 39.5. The Labute approximate surface area is 309 Å². The third-order valence-electron chi connectivity index (χ3n) is 8.71. The quantitative estimate of drug-likeness (QED) is 0.188. The lowest BCUT2D eigenvalue weighted by Gasteiger charge is -2.25. The summed E-state index contributed by atoms with van der Waals surface area (Å²) in [6, 6.07) is 8.73. The van der Waals surface area contributed by atoms with E-state index in [1.54, 1.807) is 20.8 Å². The normalized spacial score (nSPS) is 14.2. The van der Waals surface area contributed by atoms with Gasteiger partial charge in [-0.1, -0.05) is 33.3 Å². The molecule has 1 aliphatic rings. The number of pyridine rings is 1. The average molecular weight is 767 g/mol. The summed E-state index contributed by atoms with van der Waals surface area (Å²) in [5, 5.41) is 5.06. The van der Waals surface area contributed by atoms with E-state index in [0.717, 1.165) is 23.8 Å². The number of aryl methyl sites for hydroxylation is 1. The van der Waals surface area contributed by atoms with E-state index < -0.39 is 73.6 Å². The molecule has 1 aliphatic carbocycles. The Morgan fingerprint density at radius 3 is 2.28 bits per heavy atom. The predicted octanol–water partition coefficient (Wildman–Crippen LogP) is 4.21. The van der Waals surface area contributed by atoms with Gasteiger partial charge in [0.15, 0.2) is 0 Å². The number of rotatable bonds is 11. The van der Waals surface area contributed by atoms with Crippen molar-refractivity contribution in [1.82, 2.24) is 19.4 Å². The fraction of sp³-hybridized carbons (Fsp3) is 0.351. The van der Waals surface area contributed by atoms with E-state index in [4.69, 9.17) is 4.74 Å². The molecule has 0 aliphatic heterocycles. The van der Waals surface area contributed by atoms with Crippen molar-refractivity contribution in [2.45, 2.75) is 76.3 Å². The first-order chi connectivity index (χ1) is 25.4. The second-order valence-electron chi connectivity index (χ2n) is 14.0. The summed E-state index contributed by atoms with van der Waals surface area (Å²) in [4.78, 5) is 67.8. The molecule has 0 bridgehead atoms. The Kier molecular flexibility index (Phi) is 11.8. The van der Waals surface area contributed by atoms with Crippen LogP contribution in [-0.2, 0) is 37.8 Å². The van der Waals surface area contributed by atoms with Gasteiger partial charge in [0.25, 0.3) is 21.5 Å². The van der Waals surface area contributed by atoms with Crippen molar-refractivity contribution in [3.05, 3.63) is 111 Å². The molecule has 2 amide bonds. The third kappa shape index (κ3) is 9.44. The lowest BCUT2D eigenvalue weighted by atomic mass is 9.95. The number of carbonyl (C=O) groups is 3. The van der Waals surface area contributed by atoms with Crippen LogP contribution in [0.2, 0.25) is 0 Å². The summed E-state index contributed by atoms with van der Waals surface area (Å²) in [5.41, 5.74) is -2.81. The maximum Gasteiger partial charge on any atom is 0.336 e. The Morgan fingerprint density at radius 1 is 0.963 bits per heavy atom. The van der Waals surface area contributed by atoms with Gasteiger partial charge in [-0.2, -0.15) is 0 Å². The molecule has 2 aromatic heterocycles. The van der Waals surface area contributed by atoms with Crippen molar-refractivity contribution in [3.63, 3.8) is 0 Å². The molecule has 2 aromatic carbocycles. The standard InChI is InChI=1S/C37H40F2N6O8S/c1-37(2,3)35(49)41-23-11-13-25(14-12-23)54(51,52)43-29-20-27(38)26(19-28(29)39)33(47)42-30(34(48)53-24-8-6-5-7-9-24)18-22-10-15-31(40-21-22)45-32(46)16-17-44(4)36(45)50/h10-17,19-21,24,30,43H,5-9,18H2,1-4H3,(H,41,49)(H,42,47)/t30-/m0/s1. The van der Waals surface area contributed by atoms with Crippen LogP contribution in [0.25, 0.3) is 5.82 Å². The number of nitrogens with one attached hydrogen (secondary N) is 3. The molecule has 5 rings (SSSR count). The van der Waals surface area contributed by atoms with E-state index in [1.807, 2.05) is 4.72 Å². The van der Waals surface area contributed by atoms with Crippen molar-refractivity contribution in [1.29, 1.82) is 0 Å². The molecule has 4 aromatic rings. The number of esters is 1. The number of anilines is 2. The van der Waals surface area contributed by atoms with Crippen LogP contribution in [-0.4, -0.2) is 52.5 Å². The van der Waals surface area contributed by atoms with Gasteiger partial charge in [-0.25, -0.2) is 36.3 Å². The number of amides is 2. The number of hydrogen-bond acceptors (Lipinski definition) is 9. The van der Waals surface area contributed by atoms with Crippen molar-refractivity contribution < 1.29 is 36.3 Å². The van der Waals surface area contributed by atoms with Gasteiger partial charge >= 0.3 is 11.7 Å². The topological polar surface area (TPSA) is 188 Å². The zero-order chi connectivity index (χ0) is 39.4. The van der Waals surface area contributed by atoms with Crippen molar-refractivity contribution in [2.24, 2.45) is 12.5 Å². The Morgan fingerprint density at radius 2 is 1.65 bits per heavy atom. The first-order valence-corrected chi connectivity index (χ1v) is 18.6. The van der Waals surface area contributed by atoms with Crippen LogP contribution in [0.4, 0.5) is 20.2 Å². The fourth-order valence-corrected chi connectivity index (χ4v) is 6.64. The SMILES string of the molecule is Cn1ccc(=O)n(-c2ccc(C[C@H](NC(=O)c3cc(F)c(NS(=O)(=O)c4ccc(NC(=O)C(C)(C)C)cc4)cc3F)C(=O)OC3CCCCC3)cn2)c1=O. The molecule has 0 unspecified atom stereocenters. The Bertz CT molecular complexity index is 2280. The predicted molar refractivity (Wildman–Crippen MR) is 195 cm³/mol. The number of benzene rings is 2. The molecule has 54 heavy (non-hydrogen) atoms. The molecular formula is C37H40F2N6O8S. The van der Waals surface area contributed by atoms with Crippen molar-refractivity contribution in [2.75, 3.05) is 10.0 Å². The second kappa shape index (κ2) is 16.1. The van der Waals surface area contributed by atoms with E-state index in [0.29, 0.717) is 36.2 Å². The number of carbonyl (C=O) groups excluding carboxylic acids is 3. The van der Waals surface area contributed by atoms with Gasteiger partial charge in [0.1, 0.15) is 29.6 Å². The smallest absolute Gasteiger partial charge is 0.336 e. The van der Waals surface area contributed by atoms with Crippen LogP contribution in [0, 0.1) is 17.0 Å². The van der Waals surface area contributed by atoms with E-state index >= 15 is 8.78 Å². The first-order valence-electron chi connectivity index (χ1n) is 17.1. The summed E-state index contributed by atoms with van der Waals surface area (Å²) in [6.45, 7) is 5.13. The molecular weight excluding hydrogens is 727 g/mol. The molecule has 1 saturated carbocycles. The Balaban J connectivity index is 1.34. The van der Waals surface area contributed by atoms with Crippen LogP contribution in [0.15, 0.2) is 81.5 Å². The average Bonchev–Trinajstić information content (AvgIpc) is 3.12. The number of ether oxygens (including phenoxy) is 1. The minimum Gasteiger partial charge on any atom is -0.461 e. The maximum atomic E-state index is 15.4. The molecule has 2 heterocycles. The zero-order valence-electron chi connectivity index (χ0n) is 30.0. The van der Waals surface area contributed by atoms with Gasteiger partial charge in [0.05, 0.1) is 16.1 Å². The lowest BCUT2D eigenvalue weighted by molar-refractivity contribution is -0.152. The summed E-state index contributed by atoms with van der Waals surface area (Å²) in [7, 11) is -2.97. The van der Waals surface area contributed by atoms with Crippen molar-refractivity contribution >= 4 is 39.2 Å². The van der Waals surface area contributed by atoms with Crippen LogP contribution in [0.3, 0.4) is 0 Å². The zero-order valence-corrected chi connectivity index (χ0v) is 30.8. The summed E-state index contributed by atoms with van der Waals surface area (Å²) < 4.78 is 66.5. The highest BCUT2D eigenvalue weighted by Crippen LogP contribution is 2.25. The number of nitrogens with zero attached hydrogens (tertiary/aromatic N) is 3. The molecule has 14 nitrogen and oxygen atoms in total. The monoisotopic (exact) mass is 766 g/mol. The van der Waals surface area contributed by atoms with Crippen LogP contribution in [0.5, 0.6) is 0 Å². The summed E-state index contributed by atoms with van der Waals surface area (Å²) >= 11 is 0. The molecule has 0 spiro atoms. The highest BCUT2D eigenvalue weighted by atomic mass is 32.2. The highest BCUT2D eigenvalue weighted by Gasteiger charge is 2.29. The largest absolute Gasteiger partial charge is 0.461 e. The molecule has 0 saturated heterocycles. The van der Waals surface area contributed by atoms with Gasteiger partial charge in [0, 0.05) is 49.1 Å². The van der Waals surface area contributed by atoms with E-state index in [-0.39, 0.29) is 23.0 Å². The molecule has 17 heteroatoms. The molecule has 1 atom stereocenters. The number of sulfonamides is 1. The molecule has 0 radical (unpaired) electrons. The van der Waals surface area contributed by atoms with Crippen LogP contribution in [0.1, 0.15) is 68.8 Å². The molecule has 1 fully saturated rings. The lowest BCUT2D eigenvalue weighted by Crippen LogP contribution is -2.45. The summed E-state index contributed by atoms with van der Waals surface area (Å²) in [6.07, 6.45) is 5.95. The van der Waals surface area contributed by atoms with E-state index in [2.05, 4.69) is 15.6 Å². The van der Waals surface area contributed by atoms with Gasteiger partial charge in [0.2, 0.25) is 5.91 Å². The minimum atomic E-state index is -4.44. The van der Waals surface area contributed by atoms with Crippen LogP contribution < -0.4 is 26.6 Å². The van der Waals surface area contributed by atoms with Crippen molar-refractivity contribution in [3.8, 4) is 5.82 Å². The minimum absolute atomic E-state index is 0.0187. The molecule has 286 valence electrons. The van der Waals surface area contributed by atoms with Gasteiger partial charge in [-0.05, 0) is 67.6 Å².